The van der Waals surface area contributed by atoms with Crippen LogP contribution in [0, 0.1) is 6.92 Å². The topological polar surface area (TPSA) is 45.6 Å². The summed E-state index contributed by atoms with van der Waals surface area (Å²) in [5.74, 6) is -0.259. The Balaban J connectivity index is 0.00000243. The Labute approximate surface area is 169 Å². The molecular formula is C20H20ClCuN3O. The van der Waals surface area contributed by atoms with Crippen LogP contribution in [0.4, 0.5) is 11.4 Å². The number of pyridine rings is 1. The number of nitrogens with zero attached hydrogens (tertiary/aromatic N) is 3. The van der Waals surface area contributed by atoms with Crippen molar-refractivity contribution in [3.05, 3.63) is 64.5 Å². The number of aryl methyl sites for hydroxylation is 1. The Hall–Kier alpha value is -1.94. The minimum absolute atomic E-state index is 0. The Bertz CT molecular complexity index is 888. The number of aliphatic imine (C=N–C) groups is 1. The molecule has 0 bridgehead atoms. The molecule has 0 aliphatic heterocycles. The van der Waals surface area contributed by atoms with E-state index in [2.05, 4.69) is 35.9 Å². The standard InChI is InChI=1S/C20H20ClN3O.Cu/c1-4-24(5-2)14-8-9-17(13(3)11-14)23-18-12-16(21)20(25)19-15(18)7-6-10-22-19;/h6-12H,4-5H2,1-3H3;. The molecule has 26 heavy (non-hydrogen) atoms. The maximum atomic E-state index is 12.1. The summed E-state index contributed by atoms with van der Waals surface area (Å²) in [7, 11) is 0. The predicted octanol–water partition coefficient (Wildman–Crippen LogP) is 4.67. The van der Waals surface area contributed by atoms with Crippen molar-refractivity contribution < 1.29 is 21.9 Å². The second kappa shape index (κ2) is 8.63. The van der Waals surface area contributed by atoms with Gasteiger partial charge in [0.25, 0.3) is 0 Å². The molecule has 1 radical (unpaired) electrons. The number of ketones is 1. The van der Waals surface area contributed by atoms with E-state index < -0.39 is 0 Å². The van der Waals surface area contributed by atoms with Gasteiger partial charge in [-0.3, -0.25) is 9.78 Å². The van der Waals surface area contributed by atoms with Gasteiger partial charge in [0.1, 0.15) is 5.69 Å². The fraction of sp³-hybridized carbons (Fsp3) is 0.250. The van der Waals surface area contributed by atoms with Gasteiger partial charge in [0.15, 0.2) is 0 Å². The number of aromatic nitrogens is 1. The zero-order chi connectivity index (χ0) is 18.0. The van der Waals surface area contributed by atoms with Crippen LogP contribution in [0.1, 0.15) is 35.5 Å². The average Bonchev–Trinajstić information content (AvgIpc) is 2.62. The predicted molar refractivity (Wildman–Crippen MR) is 103 cm³/mol. The van der Waals surface area contributed by atoms with Crippen molar-refractivity contribution in [3.63, 3.8) is 0 Å². The van der Waals surface area contributed by atoms with Crippen LogP contribution in [0.3, 0.4) is 0 Å². The summed E-state index contributed by atoms with van der Waals surface area (Å²) in [5.41, 5.74) is 4.84. The van der Waals surface area contributed by atoms with E-state index >= 15 is 0 Å². The number of Topliss-reactive ketones (excluding diaryl/α,β-unsaturated/α-hetero) is 1. The first-order chi connectivity index (χ1) is 12.0. The molecule has 3 rings (SSSR count). The molecule has 1 aromatic heterocycles. The van der Waals surface area contributed by atoms with Crippen LogP contribution in [0.25, 0.3) is 0 Å². The van der Waals surface area contributed by atoms with E-state index in [0.717, 1.165) is 24.3 Å². The smallest absolute Gasteiger partial charge is 0.223 e. The van der Waals surface area contributed by atoms with E-state index in [1.165, 1.54) is 5.69 Å². The minimum Gasteiger partial charge on any atom is -0.372 e. The SMILES string of the molecule is CCN(CC)c1ccc(N=C2C=C(Cl)C(=O)c3ncccc32)c(C)c1.[Cu]. The van der Waals surface area contributed by atoms with Gasteiger partial charge in [-0.25, -0.2) is 4.99 Å². The molecule has 139 valence electrons. The molecule has 1 heterocycles. The molecule has 6 heteroatoms. The molecule has 0 N–H and O–H groups in total. The molecular weight excluding hydrogens is 397 g/mol. The molecule has 0 atom stereocenters. The van der Waals surface area contributed by atoms with Crippen molar-refractivity contribution in [2.24, 2.45) is 4.99 Å². The largest absolute Gasteiger partial charge is 0.372 e. The second-order valence-electron chi connectivity index (χ2n) is 5.86. The number of allylic oxidation sites excluding steroid dienone is 2. The van der Waals surface area contributed by atoms with Crippen LogP contribution < -0.4 is 4.90 Å². The van der Waals surface area contributed by atoms with Crippen molar-refractivity contribution in [1.29, 1.82) is 0 Å². The summed E-state index contributed by atoms with van der Waals surface area (Å²) in [4.78, 5) is 23.3. The summed E-state index contributed by atoms with van der Waals surface area (Å²) < 4.78 is 0. The van der Waals surface area contributed by atoms with Crippen LogP contribution in [-0.4, -0.2) is 29.6 Å². The third kappa shape index (κ3) is 3.90. The molecule has 0 saturated heterocycles. The van der Waals surface area contributed by atoms with E-state index in [9.17, 15) is 4.79 Å². The monoisotopic (exact) mass is 416 g/mol. The second-order valence-corrected chi connectivity index (χ2v) is 6.27. The molecule has 0 fully saturated rings. The van der Waals surface area contributed by atoms with Crippen molar-refractivity contribution in [2.75, 3.05) is 18.0 Å². The zero-order valence-corrected chi connectivity index (χ0v) is 16.6. The quantitative estimate of drug-likeness (QED) is 0.679. The number of halogens is 1. The van der Waals surface area contributed by atoms with Gasteiger partial charge in [0.05, 0.1) is 16.4 Å². The summed E-state index contributed by atoms with van der Waals surface area (Å²) in [6.45, 7) is 8.24. The fourth-order valence-electron chi connectivity index (χ4n) is 2.94. The molecule has 4 nitrogen and oxygen atoms in total. The van der Waals surface area contributed by atoms with Crippen LogP contribution in [0.2, 0.25) is 0 Å². The molecule has 2 aromatic rings. The number of hydrogen-bond donors (Lipinski definition) is 0. The van der Waals surface area contributed by atoms with E-state index in [-0.39, 0.29) is 27.9 Å². The molecule has 1 aromatic carbocycles. The van der Waals surface area contributed by atoms with Gasteiger partial charge >= 0.3 is 0 Å². The number of fused-ring (bicyclic) bond motifs is 1. The van der Waals surface area contributed by atoms with E-state index in [1.54, 1.807) is 18.3 Å². The third-order valence-electron chi connectivity index (χ3n) is 4.33. The van der Waals surface area contributed by atoms with Crippen LogP contribution in [-0.2, 0) is 17.1 Å². The van der Waals surface area contributed by atoms with Gasteiger partial charge in [-0.15, -0.1) is 0 Å². The molecule has 1 aliphatic carbocycles. The van der Waals surface area contributed by atoms with Crippen LogP contribution in [0.15, 0.2) is 52.6 Å². The Kier molecular flexibility index (Phi) is 6.76. The number of rotatable bonds is 4. The Morgan fingerprint density at radius 3 is 2.58 bits per heavy atom. The van der Waals surface area contributed by atoms with Gasteiger partial charge in [0.2, 0.25) is 5.78 Å². The van der Waals surface area contributed by atoms with Crippen molar-refractivity contribution >= 4 is 34.5 Å². The van der Waals surface area contributed by atoms with Gasteiger partial charge in [-0.2, -0.15) is 0 Å². The van der Waals surface area contributed by atoms with E-state index in [1.807, 2.05) is 19.1 Å². The minimum atomic E-state index is -0.259. The molecule has 0 saturated carbocycles. The van der Waals surface area contributed by atoms with Crippen molar-refractivity contribution in [2.45, 2.75) is 20.8 Å². The number of carbonyl (C=O) groups is 1. The van der Waals surface area contributed by atoms with Gasteiger partial charge in [-0.05, 0) is 62.7 Å². The number of hydrogen-bond acceptors (Lipinski definition) is 4. The number of benzene rings is 1. The van der Waals surface area contributed by atoms with E-state index in [0.29, 0.717) is 17.0 Å². The third-order valence-corrected chi connectivity index (χ3v) is 4.61. The summed E-state index contributed by atoms with van der Waals surface area (Å²) in [5, 5.41) is 0.141. The Morgan fingerprint density at radius 1 is 1.19 bits per heavy atom. The first-order valence-corrected chi connectivity index (χ1v) is 8.74. The van der Waals surface area contributed by atoms with E-state index in [4.69, 9.17) is 16.6 Å². The average molecular weight is 417 g/mol. The van der Waals surface area contributed by atoms with Gasteiger partial charge in [0, 0.05) is 47.6 Å². The number of anilines is 1. The molecule has 1 aliphatic rings. The maximum Gasteiger partial charge on any atom is 0.223 e. The summed E-state index contributed by atoms with van der Waals surface area (Å²) in [6, 6.07) is 9.85. The Morgan fingerprint density at radius 2 is 1.92 bits per heavy atom. The number of carbonyl (C=O) groups excluding carboxylic acids is 1. The maximum absolute atomic E-state index is 12.1. The van der Waals surface area contributed by atoms with Gasteiger partial charge in [-0.1, -0.05) is 11.6 Å². The van der Waals surface area contributed by atoms with Gasteiger partial charge < -0.3 is 4.90 Å². The zero-order valence-electron chi connectivity index (χ0n) is 14.9. The molecule has 0 amide bonds. The summed E-state index contributed by atoms with van der Waals surface area (Å²) in [6.07, 6.45) is 3.21. The molecule has 0 unspecified atom stereocenters. The summed E-state index contributed by atoms with van der Waals surface area (Å²) >= 11 is 6.08. The first kappa shape index (κ1) is 20.4. The first-order valence-electron chi connectivity index (χ1n) is 8.36. The fourth-order valence-corrected chi connectivity index (χ4v) is 3.14. The van der Waals surface area contributed by atoms with Crippen LogP contribution >= 0.6 is 11.6 Å². The normalized spacial score (nSPS) is 14.5. The molecule has 0 spiro atoms. The van der Waals surface area contributed by atoms with Crippen molar-refractivity contribution in [1.82, 2.24) is 4.98 Å². The van der Waals surface area contributed by atoms with Crippen LogP contribution in [0.5, 0.6) is 0 Å². The van der Waals surface area contributed by atoms with Crippen molar-refractivity contribution in [3.8, 4) is 0 Å².